The molecule has 22 heavy (non-hydrogen) atoms. The van der Waals surface area contributed by atoms with Crippen molar-refractivity contribution >= 4 is 23.2 Å². The quantitative estimate of drug-likeness (QED) is 0.908. The van der Waals surface area contributed by atoms with Gasteiger partial charge in [-0.25, -0.2) is 4.79 Å². The average Bonchev–Trinajstić information content (AvgIpc) is 3.12. The largest absolute Gasteiger partial charge is 0.360 e. The summed E-state index contributed by atoms with van der Waals surface area (Å²) in [6.45, 7) is 6.53. The van der Waals surface area contributed by atoms with Gasteiger partial charge in [0.15, 0.2) is 5.82 Å². The molecule has 0 bridgehead atoms. The molecule has 0 saturated heterocycles. The van der Waals surface area contributed by atoms with Crippen LogP contribution in [0.5, 0.6) is 0 Å². The van der Waals surface area contributed by atoms with Crippen LogP contribution >= 0.6 is 11.3 Å². The standard InChI is InChI=1S/C15H20N4O2S/c1-10(19-5-3-13-12(9-19)4-6-22-13)8-16-15(20)17-14-7-11(2)21-18-14/h4,6-7,10H,3,5,8-9H2,1-2H3,(H2,16,17,18,20). The number of carbonyl (C=O) groups is 1. The lowest BCUT2D eigenvalue weighted by atomic mass is 10.1. The molecule has 2 amide bonds. The van der Waals surface area contributed by atoms with E-state index in [1.54, 1.807) is 13.0 Å². The Morgan fingerprint density at radius 2 is 2.45 bits per heavy atom. The first-order chi connectivity index (χ1) is 10.6. The number of rotatable bonds is 4. The SMILES string of the molecule is Cc1cc(NC(=O)NCC(C)N2CCc3sccc3C2)no1. The molecule has 0 saturated carbocycles. The van der Waals surface area contributed by atoms with Gasteiger partial charge in [0, 0.05) is 36.6 Å². The first-order valence-electron chi connectivity index (χ1n) is 7.39. The summed E-state index contributed by atoms with van der Waals surface area (Å²) in [7, 11) is 0. The van der Waals surface area contributed by atoms with Gasteiger partial charge in [0.05, 0.1) is 0 Å². The monoisotopic (exact) mass is 320 g/mol. The number of thiophene rings is 1. The zero-order chi connectivity index (χ0) is 15.5. The van der Waals surface area contributed by atoms with Crippen LogP contribution < -0.4 is 10.6 Å². The molecular formula is C15H20N4O2S. The molecule has 1 aliphatic rings. The van der Waals surface area contributed by atoms with Crippen molar-refractivity contribution in [2.45, 2.75) is 32.9 Å². The van der Waals surface area contributed by atoms with Crippen LogP contribution in [0.1, 0.15) is 23.1 Å². The molecule has 0 spiro atoms. The predicted octanol–water partition coefficient (Wildman–Crippen LogP) is 2.61. The van der Waals surface area contributed by atoms with Crippen molar-refractivity contribution in [2.75, 3.05) is 18.4 Å². The molecule has 2 aromatic rings. The van der Waals surface area contributed by atoms with E-state index in [4.69, 9.17) is 4.52 Å². The molecule has 1 atom stereocenters. The molecular weight excluding hydrogens is 300 g/mol. The van der Waals surface area contributed by atoms with Gasteiger partial charge < -0.3 is 9.84 Å². The number of nitrogens with one attached hydrogen (secondary N) is 2. The normalized spacial score (nSPS) is 16.1. The van der Waals surface area contributed by atoms with Crippen molar-refractivity contribution in [3.63, 3.8) is 0 Å². The van der Waals surface area contributed by atoms with E-state index >= 15 is 0 Å². The third-order valence-electron chi connectivity index (χ3n) is 3.89. The fourth-order valence-corrected chi connectivity index (χ4v) is 3.49. The topological polar surface area (TPSA) is 70.4 Å². The van der Waals surface area contributed by atoms with Crippen LogP contribution in [0.15, 0.2) is 22.0 Å². The van der Waals surface area contributed by atoms with Crippen LogP contribution in [0.3, 0.4) is 0 Å². The Bertz CT molecular complexity index is 652. The third-order valence-corrected chi connectivity index (χ3v) is 4.91. The molecule has 2 N–H and O–H groups in total. The van der Waals surface area contributed by atoms with E-state index in [1.165, 1.54) is 10.4 Å². The van der Waals surface area contributed by atoms with E-state index in [0.29, 0.717) is 18.1 Å². The lowest BCUT2D eigenvalue weighted by Crippen LogP contribution is -2.45. The van der Waals surface area contributed by atoms with Crippen molar-refractivity contribution in [3.05, 3.63) is 33.7 Å². The van der Waals surface area contributed by atoms with Crippen LogP contribution in [-0.4, -0.2) is 35.2 Å². The van der Waals surface area contributed by atoms with E-state index in [1.807, 2.05) is 11.3 Å². The fourth-order valence-electron chi connectivity index (χ4n) is 2.60. The average molecular weight is 320 g/mol. The van der Waals surface area contributed by atoms with E-state index in [-0.39, 0.29) is 12.1 Å². The molecule has 0 fully saturated rings. The number of hydrogen-bond donors (Lipinski definition) is 2. The zero-order valence-electron chi connectivity index (χ0n) is 12.8. The van der Waals surface area contributed by atoms with Gasteiger partial charge in [-0.15, -0.1) is 11.3 Å². The Morgan fingerprint density at radius 1 is 1.59 bits per heavy atom. The Kier molecular flexibility index (Phi) is 4.44. The second-order valence-corrected chi connectivity index (χ2v) is 6.60. The number of carbonyl (C=O) groups excluding carboxylic acids is 1. The number of hydrogen-bond acceptors (Lipinski definition) is 5. The molecule has 0 radical (unpaired) electrons. The lowest BCUT2D eigenvalue weighted by Gasteiger charge is -2.32. The van der Waals surface area contributed by atoms with Gasteiger partial charge in [-0.1, -0.05) is 5.16 Å². The minimum absolute atomic E-state index is 0.256. The summed E-state index contributed by atoms with van der Waals surface area (Å²) in [5, 5.41) is 11.4. The maximum absolute atomic E-state index is 11.8. The van der Waals surface area contributed by atoms with E-state index in [0.717, 1.165) is 19.5 Å². The first kappa shape index (κ1) is 15.1. The number of aryl methyl sites for hydroxylation is 1. The highest BCUT2D eigenvalue weighted by Gasteiger charge is 2.21. The molecule has 1 unspecified atom stereocenters. The Hall–Kier alpha value is -1.86. The van der Waals surface area contributed by atoms with Crippen LogP contribution in [0, 0.1) is 6.92 Å². The number of urea groups is 1. The highest BCUT2D eigenvalue weighted by atomic mass is 32.1. The first-order valence-corrected chi connectivity index (χ1v) is 8.27. The highest BCUT2D eigenvalue weighted by molar-refractivity contribution is 7.10. The van der Waals surface area contributed by atoms with Gasteiger partial charge in [0.2, 0.25) is 0 Å². The summed E-state index contributed by atoms with van der Waals surface area (Å²) in [5.74, 6) is 1.10. The highest BCUT2D eigenvalue weighted by Crippen LogP contribution is 2.24. The van der Waals surface area contributed by atoms with Crippen molar-refractivity contribution in [2.24, 2.45) is 0 Å². The summed E-state index contributed by atoms with van der Waals surface area (Å²) in [6, 6.07) is 3.92. The van der Waals surface area contributed by atoms with Gasteiger partial charge in [-0.2, -0.15) is 0 Å². The van der Waals surface area contributed by atoms with Gasteiger partial charge in [-0.3, -0.25) is 10.2 Å². The minimum Gasteiger partial charge on any atom is -0.360 e. The predicted molar refractivity (Wildman–Crippen MR) is 86.2 cm³/mol. The van der Waals surface area contributed by atoms with Crippen LogP contribution in [-0.2, 0) is 13.0 Å². The van der Waals surface area contributed by atoms with Gasteiger partial charge in [0.1, 0.15) is 5.76 Å². The number of fused-ring (bicyclic) bond motifs is 1. The van der Waals surface area contributed by atoms with E-state index in [2.05, 4.69) is 39.1 Å². The maximum atomic E-state index is 11.8. The number of nitrogens with zero attached hydrogens (tertiary/aromatic N) is 2. The molecule has 3 rings (SSSR count). The third kappa shape index (κ3) is 3.48. The summed E-state index contributed by atoms with van der Waals surface area (Å²) < 4.78 is 4.91. The van der Waals surface area contributed by atoms with Gasteiger partial charge in [0.25, 0.3) is 0 Å². The van der Waals surface area contributed by atoms with Gasteiger partial charge in [-0.05, 0) is 37.3 Å². The summed E-state index contributed by atoms with van der Waals surface area (Å²) >= 11 is 1.84. The van der Waals surface area contributed by atoms with E-state index in [9.17, 15) is 4.79 Å². The van der Waals surface area contributed by atoms with Crippen molar-refractivity contribution < 1.29 is 9.32 Å². The lowest BCUT2D eigenvalue weighted by molar-refractivity contribution is 0.188. The fraction of sp³-hybridized carbons (Fsp3) is 0.467. The molecule has 118 valence electrons. The number of anilines is 1. The molecule has 0 aliphatic carbocycles. The summed E-state index contributed by atoms with van der Waals surface area (Å²) in [5.41, 5.74) is 1.42. The van der Waals surface area contributed by atoms with Crippen LogP contribution in [0.4, 0.5) is 10.6 Å². The van der Waals surface area contributed by atoms with Crippen molar-refractivity contribution in [3.8, 4) is 0 Å². The smallest absolute Gasteiger partial charge is 0.320 e. The maximum Gasteiger partial charge on any atom is 0.320 e. The molecule has 1 aliphatic heterocycles. The molecule has 7 heteroatoms. The Balaban J connectivity index is 1.46. The molecule has 2 aromatic heterocycles. The number of amides is 2. The Labute approximate surface area is 133 Å². The number of aromatic nitrogens is 1. The second-order valence-electron chi connectivity index (χ2n) is 5.60. The molecule has 0 aromatic carbocycles. The van der Waals surface area contributed by atoms with Crippen LogP contribution in [0.25, 0.3) is 0 Å². The van der Waals surface area contributed by atoms with E-state index < -0.39 is 0 Å². The minimum atomic E-state index is -0.256. The summed E-state index contributed by atoms with van der Waals surface area (Å²) in [6.07, 6.45) is 1.10. The Morgan fingerprint density at radius 3 is 3.23 bits per heavy atom. The second kappa shape index (κ2) is 6.50. The molecule has 3 heterocycles. The van der Waals surface area contributed by atoms with Gasteiger partial charge >= 0.3 is 6.03 Å². The zero-order valence-corrected chi connectivity index (χ0v) is 13.6. The molecule has 6 nitrogen and oxygen atoms in total. The van der Waals surface area contributed by atoms with Crippen LogP contribution in [0.2, 0.25) is 0 Å². The summed E-state index contributed by atoms with van der Waals surface area (Å²) in [4.78, 5) is 15.7. The van der Waals surface area contributed by atoms with Crippen molar-refractivity contribution in [1.29, 1.82) is 0 Å². The van der Waals surface area contributed by atoms with Crippen molar-refractivity contribution in [1.82, 2.24) is 15.4 Å².